The third-order valence-electron chi connectivity index (χ3n) is 3.86. The van der Waals surface area contributed by atoms with Crippen molar-refractivity contribution in [3.8, 4) is 11.4 Å². The second kappa shape index (κ2) is 8.41. The molecule has 7 nitrogen and oxygen atoms in total. The maximum Gasteiger partial charge on any atom is 0.237 e. The van der Waals surface area contributed by atoms with Crippen LogP contribution in [0.4, 0.5) is 5.69 Å². The molecule has 1 N–H and O–H groups in total. The topological polar surface area (TPSA) is 81.9 Å². The zero-order chi connectivity index (χ0) is 19.4. The number of nitrogens with one attached hydrogen (secondary N) is 1. The lowest BCUT2D eigenvalue weighted by Crippen LogP contribution is -2.23. The summed E-state index contributed by atoms with van der Waals surface area (Å²) in [6.45, 7) is 3.76. The van der Waals surface area contributed by atoms with Gasteiger partial charge in [-0.05, 0) is 54.1 Å². The maximum absolute atomic E-state index is 12.6. The van der Waals surface area contributed by atoms with E-state index in [0.717, 1.165) is 11.3 Å². The van der Waals surface area contributed by atoms with Gasteiger partial charge in [0.15, 0.2) is 0 Å². The Morgan fingerprint density at radius 1 is 1.30 bits per heavy atom. The van der Waals surface area contributed by atoms with Crippen LogP contribution in [0.5, 0.6) is 5.75 Å². The van der Waals surface area contributed by atoms with Gasteiger partial charge in [-0.3, -0.25) is 4.79 Å². The Kier molecular flexibility index (Phi) is 5.98. The quantitative estimate of drug-likeness (QED) is 0.631. The molecule has 3 rings (SSSR count). The second-order valence-electron chi connectivity index (χ2n) is 5.75. The summed E-state index contributed by atoms with van der Waals surface area (Å²) in [4.78, 5) is 12.6. The number of aryl methyl sites for hydroxylation is 1. The number of benzene rings is 2. The van der Waals surface area contributed by atoms with E-state index in [1.165, 1.54) is 18.9 Å². The van der Waals surface area contributed by atoms with Crippen molar-refractivity contribution in [1.82, 2.24) is 20.2 Å². The van der Waals surface area contributed by atoms with Gasteiger partial charge in [0.05, 0.1) is 23.7 Å². The number of carbonyl (C=O) groups excluding carboxylic acids is 1. The summed E-state index contributed by atoms with van der Waals surface area (Å²) in [5, 5.41) is 15.3. The summed E-state index contributed by atoms with van der Waals surface area (Å²) < 4.78 is 6.89. The molecule has 0 aliphatic rings. The number of amides is 1. The molecule has 1 amide bonds. The summed E-state index contributed by atoms with van der Waals surface area (Å²) in [6.07, 6.45) is 0. The predicted octanol–water partition coefficient (Wildman–Crippen LogP) is 3.75. The number of carbonyl (C=O) groups is 1. The van der Waals surface area contributed by atoms with Crippen LogP contribution < -0.4 is 10.1 Å². The van der Waals surface area contributed by atoms with Crippen LogP contribution in [-0.2, 0) is 4.79 Å². The van der Waals surface area contributed by atoms with Crippen molar-refractivity contribution < 1.29 is 9.53 Å². The average molecular weight is 404 g/mol. The van der Waals surface area contributed by atoms with Gasteiger partial charge in [0.2, 0.25) is 11.1 Å². The Morgan fingerprint density at radius 2 is 2.07 bits per heavy atom. The fraction of sp³-hybridized carbons (Fsp3) is 0.222. The number of nitrogens with zero attached hydrogens (tertiary/aromatic N) is 4. The highest BCUT2D eigenvalue weighted by Gasteiger charge is 2.21. The zero-order valence-electron chi connectivity index (χ0n) is 15.0. The largest absolute Gasteiger partial charge is 0.495 e. The minimum atomic E-state index is -0.442. The molecular weight excluding hydrogens is 386 g/mol. The highest BCUT2D eigenvalue weighted by atomic mass is 35.5. The molecular formula is C18H18ClN5O2S. The molecule has 0 fully saturated rings. The van der Waals surface area contributed by atoms with E-state index < -0.39 is 5.25 Å². The molecule has 0 saturated carbocycles. The van der Waals surface area contributed by atoms with E-state index in [9.17, 15) is 4.79 Å². The monoisotopic (exact) mass is 403 g/mol. The lowest BCUT2D eigenvalue weighted by Gasteiger charge is -2.14. The smallest absolute Gasteiger partial charge is 0.237 e. The Morgan fingerprint density at radius 3 is 2.81 bits per heavy atom. The van der Waals surface area contributed by atoms with Crippen LogP contribution in [-0.4, -0.2) is 38.5 Å². The standard InChI is InChI=1S/C18H18ClN5O2S/c1-11-6-4-5-7-15(11)24-18(21-22-23-24)27-12(2)17(25)20-14-10-13(19)8-9-16(14)26-3/h4-10,12H,1-3H3,(H,20,25)/t12-/m1/s1. The van der Waals surface area contributed by atoms with Crippen molar-refractivity contribution in [3.05, 3.63) is 53.1 Å². The molecule has 1 atom stereocenters. The molecule has 2 aromatic carbocycles. The molecule has 3 aromatic rings. The average Bonchev–Trinajstić information content (AvgIpc) is 3.10. The molecule has 9 heteroatoms. The van der Waals surface area contributed by atoms with Crippen LogP contribution in [0.2, 0.25) is 5.02 Å². The van der Waals surface area contributed by atoms with Crippen LogP contribution in [0.25, 0.3) is 5.69 Å². The van der Waals surface area contributed by atoms with Gasteiger partial charge < -0.3 is 10.1 Å². The maximum atomic E-state index is 12.6. The van der Waals surface area contributed by atoms with E-state index in [1.54, 1.807) is 29.8 Å². The van der Waals surface area contributed by atoms with Gasteiger partial charge in [-0.2, -0.15) is 4.68 Å². The number of thioether (sulfide) groups is 1. The molecule has 1 aromatic heterocycles. The van der Waals surface area contributed by atoms with Crippen LogP contribution >= 0.6 is 23.4 Å². The summed E-state index contributed by atoms with van der Waals surface area (Å²) in [5.41, 5.74) is 2.42. The molecule has 0 aliphatic carbocycles. The molecule has 0 bridgehead atoms. The highest BCUT2D eigenvalue weighted by molar-refractivity contribution is 8.00. The van der Waals surface area contributed by atoms with E-state index in [0.29, 0.717) is 21.6 Å². The van der Waals surface area contributed by atoms with Gasteiger partial charge in [-0.1, -0.05) is 41.6 Å². The number of para-hydroxylation sites is 1. The first-order chi connectivity index (χ1) is 13.0. The van der Waals surface area contributed by atoms with E-state index in [1.807, 2.05) is 31.2 Å². The van der Waals surface area contributed by atoms with Crippen molar-refractivity contribution in [2.75, 3.05) is 12.4 Å². The zero-order valence-corrected chi connectivity index (χ0v) is 16.6. The predicted molar refractivity (Wildman–Crippen MR) is 106 cm³/mol. The first-order valence-corrected chi connectivity index (χ1v) is 9.41. The summed E-state index contributed by atoms with van der Waals surface area (Å²) in [5.74, 6) is 0.328. The van der Waals surface area contributed by atoms with Crippen LogP contribution in [0, 0.1) is 6.92 Å². The number of hydrogen-bond donors (Lipinski definition) is 1. The molecule has 0 saturated heterocycles. The number of aromatic nitrogens is 4. The van der Waals surface area contributed by atoms with Gasteiger partial charge in [-0.25, -0.2) is 0 Å². The van der Waals surface area contributed by atoms with E-state index in [2.05, 4.69) is 20.8 Å². The number of rotatable bonds is 6. The molecule has 1 heterocycles. The van der Waals surface area contributed by atoms with Crippen LogP contribution in [0.1, 0.15) is 12.5 Å². The van der Waals surface area contributed by atoms with Crippen molar-refractivity contribution in [2.24, 2.45) is 0 Å². The fourth-order valence-corrected chi connectivity index (χ4v) is 3.40. The summed E-state index contributed by atoms with van der Waals surface area (Å²) in [7, 11) is 1.54. The van der Waals surface area contributed by atoms with Crippen molar-refractivity contribution in [1.29, 1.82) is 0 Å². The first kappa shape index (κ1) is 19.2. The minimum Gasteiger partial charge on any atom is -0.495 e. The highest BCUT2D eigenvalue weighted by Crippen LogP contribution is 2.30. The second-order valence-corrected chi connectivity index (χ2v) is 7.50. The molecule has 140 valence electrons. The van der Waals surface area contributed by atoms with Gasteiger partial charge in [-0.15, -0.1) is 5.10 Å². The summed E-state index contributed by atoms with van der Waals surface area (Å²) in [6, 6.07) is 12.8. The van der Waals surface area contributed by atoms with E-state index >= 15 is 0 Å². The van der Waals surface area contributed by atoms with Crippen molar-refractivity contribution in [2.45, 2.75) is 24.3 Å². The van der Waals surface area contributed by atoms with Crippen molar-refractivity contribution in [3.63, 3.8) is 0 Å². The van der Waals surface area contributed by atoms with Gasteiger partial charge in [0, 0.05) is 5.02 Å². The Hall–Kier alpha value is -2.58. The number of hydrogen-bond acceptors (Lipinski definition) is 6. The Labute approximate surface area is 166 Å². The molecule has 27 heavy (non-hydrogen) atoms. The van der Waals surface area contributed by atoms with Crippen LogP contribution in [0.3, 0.4) is 0 Å². The Bertz CT molecular complexity index is 962. The van der Waals surface area contributed by atoms with Crippen molar-refractivity contribution >= 4 is 35.0 Å². The first-order valence-electron chi connectivity index (χ1n) is 8.15. The lowest BCUT2D eigenvalue weighted by atomic mass is 10.2. The van der Waals surface area contributed by atoms with E-state index in [4.69, 9.17) is 16.3 Å². The molecule has 0 unspecified atom stereocenters. The molecule has 0 aliphatic heterocycles. The van der Waals surface area contributed by atoms with Gasteiger partial charge in [0.25, 0.3) is 0 Å². The number of ether oxygens (including phenoxy) is 1. The third kappa shape index (κ3) is 4.40. The van der Waals surface area contributed by atoms with Crippen LogP contribution in [0.15, 0.2) is 47.6 Å². The van der Waals surface area contributed by atoms with Gasteiger partial charge in [0.1, 0.15) is 5.75 Å². The third-order valence-corrected chi connectivity index (χ3v) is 5.12. The minimum absolute atomic E-state index is 0.208. The number of anilines is 1. The number of methoxy groups -OCH3 is 1. The summed E-state index contributed by atoms with van der Waals surface area (Å²) >= 11 is 7.28. The van der Waals surface area contributed by atoms with Gasteiger partial charge >= 0.3 is 0 Å². The molecule has 0 spiro atoms. The normalized spacial score (nSPS) is 11.9. The SMILES string of the molecule is COc1ccc(Cl)cc1NC(=O)[C@@H](C)Sc1nnnn1-c1ccccc1C. The lowest BCUT2D eigenvalue weighted by molar-refractivity contribution is -0.115. The Balaban J connectivity index is 1.76. The van der Waals surface area contributed by atoms with E-state index in [-0.39, 0.29) is 5.91 Å². The number of tetrazole rings is 1. The molecule has 0 radical (unpaired) electrons. The number of halogens is 1. The fourth-order valence-electron chi connectivity index (χ4n) is 2.43.